The van der Waals surface area contributed by atoms with Crippen LogP contribution in [0.4, 0.5) is 0 Å². The number of carbonyl (C=O) groups is 6. The molecule has 3 aromatic carbocycles. The molecule has 0 aliphatic heterocycles. The van der Waals surface area contributed by atoms with Gasteiger partial charge in [0.2, 0.25) is 35.4 Å². The molecular weight excluding hydrogens is 885 g/mol. The first-order chi connectivity index (χ1) is 32.5. The van der Waals surface area contributed by atoms with Crippen molar-refractivity contribution >= 4 is 75.0 Å². The summed E-state index contributed by atoms with van der Waals surface area (Å²) in [6.45, 7) is 5.99. The number of imide groups is 1. The normalized spacial score (nSPS) is 14.0. The van der Waals surface area contributed by atoms with E-state index in [9.17, 15) is 28.8 Å². The van der Waals surface area contributed by atoms with Gasteiger partial charge >= 0.3 is 0 Å². The highest BCUT2D eigenvalue weighted by Gasteiger charge is 2.33. The fourth-order valence-corrected chi connectivity index (χ4v) is 8.26. The van der Waals surface area contributed by atoms with Gasteiger partial charge in [-0.05, 0) is 85.8 Å². The van der Waals surface area contributed by atoms with E-state index >= 15 is 0 Å². The van der Waals surface area contributed by atoms with Crippen LogP contribution in [-0.4, -0.2) is 106 Å². The van der Waals surface area contributed by atoms with Crippen molar-refractivity contribution < 1.29 is 28.8 Å². The van der Waals surface area contributed by atoms with Crippen molar-refractivity contribution in [2.75, 3.05) is 18.6 Å². The van der Waals surface area contributed by atoms with Gasteiger partial charge in [0.25, 0.3) is 0 Å². The van der Waals surface area contributed by atoms with Gasteiger partial charge in [0, 0.05) is 53.6 Å². The molecule has 18 nitrogen and oxygen atoms in total. The molecular formula is C49H66N12O6S. The van der Waals surface area contributed by atoms with Crippen molar-refractivity contribution in [1.29, 1.82) is 0 Å². The van der Waals surface area contributed by atoms with Gasteiger partial charge in [0.1, 0.15) is 24.2 Å². The van der Waals surface area contributed by atoms with E-state index < -0.39 is 71.7 Å². The van der Waals surface area contributed by atoms with Crippen LogP contribution in [-0.2, 0) is 48.0 Å². The summed E-state index contributed by atoms with van der Waals surface area (Å²) in [6.07, 6.45) is 6.60. The molecule has 0 bridgehead atoms. The molecule has 0 aliphatic rings. The number of aromatic nitrogens is 2. The number of hydrogen-bond acceptors (Lipinski definition) is 10. The SMILES string of the molecule is CSCC[C@H](NC(=O)[C@H](CC(C)C)NC(=O)[C@@H](Cc1c[nH]c2ccccc12)NC(=O)[C@@H](N)Cc1ccc(C)cc1)C(=O)NC(=O)[C@@H](Cc1c[nH]c2ccccc12)NC(=O)[C@@H](N)CCCN=C(N)N. The second-order valence-corrected chi connectivity index (χ2v) is 18.5. The van der Waals surface area contributed by atoms with E-state index in [4.69, 9.17) is 22.9 Å². The summed E-state index contributed by atoms with van der Waals surface area (Å²) in [4.78, 5) is 94.1. The predicted molar refractivity (Wildman–Crippen MR) is 268 cm³/mol. The topological polar surface area (TPSA) is 311 Å². The summed E-state index contributed by atoms with van der Waals surface area (Å²) in [6, 6.07) is 16.0. The van der Waals surface area contributed by atoms with Gasteiger partial charge in [-0.25, -0.2) is 0 Å². The highest BCUT2D eigenvalue weighted by atomic mass is 32.2. The Hall–Kier alpha value is -6.70. The monoisotopic (exact) mass is 950 g/mol. The zero-order valence-corrected chi connectivity index (χ0v) is 39.9. The van der Waals surface area contributed by atoms with Gasteiger partial charge in [0.05, 0.1) is 12.1 Å². The maximum Gasteiger partial charge on any atom is 0.249 e. The Balaban J connectivity index is 1.33. The Bertz CT molecular complexity index is 2540. The highest BCUT2D eigenvalue weighted by Crippen LogP contribution is 2.21. The average Bonchev–Trinajstić information content (AvgIpc) is 3.92. The van der Waals surface area contributed by atoms with Crippen LogP contribution in [0.5, 0.6) is 0 Å². The Kier molecular flexibility index (Phi) is 19.6. The van der Waals surface area contributed by atoms with E-state index in [-0.39, 0.29) is 56.9 Å². The molecule has 0 unspecified atom stereocenters. The van der Waals surface area contributed by atoms with E-state index in [0.717, 1.165) is 38.5 Å². The number of carbonyl (C=O) groups excluding carboxylic acids is 6. The van der Waals surface area contributed by atoms with Crippen molar-refractivity contribution in [2.45, 2.75) is 102 Å². The fraction of sp³-hybridized carbons (Fsp3) is 0.408. The van der Waals surface area contributed by atoms with Gasteiger partial charge in [-0.15, -0.1) is 0 Å². The highest BCUT2D eigenvalue weighted by molar-refractivity contribution is 7.98. The number of H-pyrrole nitrogens is 2. The molecule has 0 saturated heterocycles. The number of aliphatic imine (C=N–C) groups is 1. The summed E-state index contributed by atoms with van der Waals surface area (Å²) in [5.41, 5.74) is 28.5. The molecule has 5 aromatic rings. The summed E-state index contributed by atoms with van der Waals surface area (Å²) in [5.74, 6) is -3.82. The molecule has 2 heterocycles. The van der Waals surface area contributed by atoms with Crippen LogP contribution >= 0.6 is 11.8 Å². The molecule has 6 amide bonds. The van der Waals surface area contributed by atoms with Crippen LogP contribution in [0.2, 0.25) is 0 Å². The Morgan fingerprint density at radius 3 is 1.68 bits per heavy atom. The quantitative estimate of drug-likeness (QED) is 0.0229. The molecule has 0 fully saturated rings. The molecule has 15 N–H and O–H groups in total. The van der Waals surface area contributed by atoms with Crippen LogP contribution < -0.4 is 49.5 Å². The van der Waals surface area contributed by atoms with Crippen molar-refractivity contribution in [2.24, 2.45) is 33.8 Å². The number of para-hydroxylation sites is 2. The minimum Gasteiger partial charge on any atom is -0.370 e. The number of thioether (sulfide) groups is 1. The van der Waals surface area contributed by atoms with Crippen molar-refractivity contribution in [3.63, 3.8) is 0 Å². The number of fused-ring (bicyclic) bond motifs is 2. The van der Waals surface area contributed by atoms with E-state index in [1.54, 1.807) is 12.4 Å². The number of nitrogens with zero attached hydrogens (tertiary/aromatic N) is 1. The van der Waals surface area contributed by atoms with Crippen molar-refractivity contribution in [3.8, 4) is 0 Å². The number of guanidine groups is 1. The summed E-state index contributed by atoms with van der Waals surface area (Å²) in [5, 5.41) is 15.3. The predicted octanol–water partition coefficient (Wildman–Crippen LogP) is 2.07. The van der Waals surface area contributed by atoms with Gasteiger partial charge in [-0.3, -0.25) is 39.1 Å². The first-order valence-corrected chi connectivity index (χ1v) is 24.2. The van der Waals surface area contributed by atoms with E-state index in [1.807, 2.05) is 99.8 Å². The maximum atomic E-state index is 14.4. The molecule has 0 aliphatic carbocycles. The van der Waals surface area contributed by atoms with E-state index in [2.05, 4.69) is 41.5 Å². The molecule has 5 rings (SSSR count). The standard InChI is InChI=1S/C49H66N12O6S/c1-28(2)22-40(60-47(66)41(24-31-26-55-37-13-7-5-10-33(31)37)59-44(63)36(51)23-30-17-15-29(3)16-18-30)46(65)57-39(19-21-68-4)45(64)61-48(67)42(25-32-27-56-38-14-8-6-11-34(32)38)58-43(62)35(50)12-9-20-54-49(52)53/h5-8,10-11,13-18,26-28,35-36,39-42,55-56H,9,12,19-25,50-51H2,1-4H3,(H,57,65)(H,58,62)(H,59,63)(H,60,66)(H4,52,53,54)(H,61,64,67)/t35-,36-,39-,40-,41+,42+/m0/s1. The molecule has 0 radical (unpaired) electrons. The summed E-state index contributed by atoms with van der Waals surface area (Å²) in [7, 11) is 0. The molecule has 6 atom stereocenters. The summed E-state index contributed by atoms with van der Waals surface area (Å²) >= 11 is 1.43. The molecule has 2 aromatic heterocycles. The lowest BCUT2D eigenvalue weighted by atomic mass is 9.99. The number of hydrogen-bond donors (Lipinski definition) is 11. The number of rotatable bonds is 25. The Labute approximate surface area is 400 Å². The number of nitrogens with two attached hydrogens (primary N) is 4. The molecule has 0 saturated carbocycles. The summed E-state index contributed by atoms with van der Waals surface area (Å²) < 4.78 is 0. The zero-order valence-electron chi connectivity index (χ0n) is 39.1. The molecule has 364 valence electrons. The smallest absolute Gasteiger partial charge is 0.249 e. The lowest BCUT2D eigenvalue weighted by Gasteiger charge is -2.27. The minimum absolute atomic E-state index is 0.00697. The van der Waals surface area contributed by atoms with Crippen LogP contribution in [0.1, 0.15) is 61.8 Å². The van der Waals surface area contributed by atoms with Gasteiger partial charge in [0.15, 0.2) is 5.96 Å². The number of aryl methyl sites for hydroxylation is 1. The minimum atomic E-state index is -1.24. The van der Waals surface area contributed by atoms with Crippen molar-refractivity contribution in [1.82, 2.24) is 36.6 Å². The first-order valence-electron chi connectivity index (χ1n) is 22.8. The van der Waals surface area contributed by atoms with Crippen LogP contribution in [0.3, 0.4) is 0 Å². The number of aromatic amines is 2. The van der Waals surface area contributed by atoms with Crippen molar-refractivity contribution in [3.05, 3.63) is 107 Å². The van der Waals surface area contributed by atoms with Gasteiger partial charge in [-0.1, -0.05) is 80.1 Å². The maximum absolute atomic E-state index is 14.4. The number of benzene rings is 3. The lowest BCUT2D eigenvalue weighted by molar-refractivity contribution is -0.137. The third-order valence-corrected chi connectivity index (χ3v) is 12.2. The van der Waals surface area contributed by atoms with Crippen LogP contribution in [0, 0.1) is 12.8 Å². The van der Waals surface area contributed by atoms with Gasteiger partial charge in [-0.2, -0.15) is 11.8 Å². The van der Waals surface area contributed by atoms with Crippen LogP contribution in [0.15, 0.2) is 90.2 Å². The first kappa shape index (κ1) is 52.3. The largest absolute Gasteiger partial charge is 0.370 e. The van der Waals surface area contributed by atoms with Gasteiger partial charge < -0.3 is 54.2 Å². The zero-order chi connectivity index (χ0) is 49.3. The molecule has 68 heavy (non-hydrogen) atoms. The third kappa shape index (κ3) is 15.4. The average molecular weight is 951 g/mol. The Morgan fingerprint density at radius 2 is 1.12 bits per heavy atom. The second kappa shape index (κ2) is 25.4. The second-order valence-electron chi connectivity index (χ2n) is 17.5. The Morgan fingerprint density at radius 1 is 0.618 bits per heavy atom. The number of amides is 6. The fourth-order valence-electron chi connectivity index (χ4n) is 7.79. The van der Waals surface area contributed by atoms with E-state index in [0.29, 0.717) is 17.7 Å². The molecule has 19 heteroatoms. The van der Waals surface area contributed by atoms with Crippen LogP contribution in [0.25, 0.3) is 21.8 Å². The third-order valence-electron chi connectivity index (χ3n) is 11.5. The molecule has 0 spiro atoms. The lowest BCUT2D eigenvalue weighted by Crippen LogP contribution is -2.59. The number of nitrogens with one attached hydrogen (secondary N) is 7. The van der Waals surface area contributed by atoms with E-state index in [1.165, 1.54) is 11.8 Å².